The molecule has 8 N–H and O–H groups in total. The van der Waals surface area contributed by atoms with Gasteiger partial charge in [-0.2, -0.15) is 0 Å². The highest BCUT2D eigenvalue weighted by Crippen LogP contribution is 2.39. The zero-order chi connectivity index (χ0) is 21.6. The van der Waals surface area contributed by atoms with E-state index in [1.54, 1.807) is 0 Å². The number of carbonyl (C=O) groups is 2. The number of rotatable bonds is 9. The summed E-state index contributed by atoms with van der Waals surface area (Å²) in [4.78, 5) is 24.1. The van der Waals surface area contributed by atoms with Gasteiger partial charge in [-0.3, -0.25) is 9.59 Å². The van der Waals surface area contributed by atoms with Crippen LogP contribution in [0.2, 0.25) is 0 Å². The molecule has 13 heteroatoms. The Morgan fingerprint density at radius 3 is 1.64 bits per heavy atom. The van der Waals surface area contributed by atoms with Gasteiger partial charge in [-0.15, -0.1) is 0 Å². The average Bonchev–Trinajstić information content (AvgIpc) is 2.69. The molecular formula is C15H19I3N2O8. The predicted octanol–water partition coefficient (Wildman–Crippen LogP) is -1.02. The highest BCUT2D eigenvalue weighted by molar-refractivity contribution is 14.1. The third-order valence-electron chi connectivity index (χ3n) is 3.52. The number of carbonyl (C=O) groups excluding carboxylic acids is 2. The van der Waals surface area contributed by atoms with Crippen molar-refractivity contribution in [3.8, 4) is 0 Å². The molecule has 0 aromatic heterocycles. The lowest BCUT2D eigenvalue weighted by Gasteiger charge is -2.23. The van der Waals surface area contributed by atoms with Crippen molar-refractivity contribution in [2.24, 2.45) is 0 Å². The van der Waals surface area contributed by atoms with Gasteiger partial charge in [0.2, 0.25) is 0 Å². The maximum atomic E-state index is 12.1. The third kappa shape index (κ3) is 6.56. The molecule has 0 saturated heterocycles. The second-order valence-corrected chi connectivity index (χ2v) is 8.82. The molecule has 0 aliphatic rings. The molecule has 3 unspecified atom stereocenters. The molecule has 28 heavy (non-hydrogen) atoms. The molecule has 0 aliphatic heterocycles. The summed E-state index contributed by atoms with van der Waals surface area (Å²) in [5.74, 6) is -1.75. The molecule has 0 aliphatic carbocycles. The van der Waals surface area contributed by atoms with E-state index in [1.807, 2.05) is 67.8 Å². The smallest absolute Gasteiger partial charge is 0.255 e. The lowest BCUT2D eigenvalue weighted by atomic mass is 10.0. The van der Waals surface area contributed by atoms with Gasteiger partial charge in [0.15, 0.2) is 12.2 Å². The molecule has 1 rings (SSSR count). The van der Waals surface area contributed by atoms with E-state index in [-0.39, 0.29) is 17.8 Å². The second kappa shape index (κ2) is 12.1. The quantitative estimate of drug-likeness (QED) is 0.117. The number of halogens is 3. The van der Waals surface area contributed by atoms with Gasteiger partial charge in [0.25, 0.3) is 11.8 Å². The molecule has 0 fully saturated rings. The number of aliphatic hydroxyl groups is 6. The van der Waals surface area contributed by atoms with Gasteiger partial charge in [0.1, 0.15) is 0 Å². The fourth-order valence-electron chi connectivity index (χ4n) is 2.02. The van der Waals surface area contributed by atoms with Crippen LogP contribution in [-0.4, -0.2) is 80.6 Å². The van der Waals surface area contributed by atoms with E-state index in [9.17, 15) is 24.9 Å². The van der Waals surface area contributed by atoms with Crippen molar-refractivity contribution in [1.82, 2.24) is 0 Å². The average molecular weight is 736 g/mol. The monoisotopic (exact) mass is 736 g/mol. The van der Waals surface area contributed by atoms with Crippen LogP contribution in [0.5, 0.6) is 0 Å². The van der Waals surface area contributed by atoms with Crippen molar-refractivity contribution in [2.75, 3.05) is 30.5 Å². The summed E-state index contributed by atoms with van der Waals surface area (Å²) in [6, 6.07) is 0. The van der Waals surface area contributed by atoms with Crippen LogP contribution in [0.15, 0.2) is 0 Å². The fourth-order valence-corrected chi connectivity index (χ4v) is 4.89. The van der Waals surface area contributed by atoms with Gasteiger partial charge < -0.3 is 41.3 Å². The number of amides is 2. The minimum Gasteiger partial charge on any atom is -0.394 e. The number of aliphatic hydroxyl groups excluding tert-OH is 6. The largest absolute Gasteiger partial charge is 0.394 e. The molecule has 3 atom stereocenters. The van der Waals surface area contributed by atoms with Crippen LogP contribution in [0.3, 0.4) is 0 Å². The van der Waals surface area contributed by atoms with Crippen LogP contribution in [-0.2, 0) is 16.0 Å². The SMILES string of the molecule is O=C(Nc1c(I)c(I)c(CC(O)CO)c(NC(=O)C(O)CO)c1I)C(O)CO. The summed E-state index contributed by atoms with van der Waals surface area (Å²) in [5, 5.41) is 60.9. The van der Waals surface area contributed by atoms with Gasteiger partial charge in [0, 0.05) is 9.99 Å². The van der Waals surface area contributed by atoms with Gasteiger partial charge in [-0.1, -0.05) is 0 Å². The van der Waals surface area contributed by atoms with E-state index in [0.29, 0.717) is 16.3 Å². The van der Waals surface area contributed by atoms with E-state index in [4.69, 9.17) is 15.3 Å². The van der Waals surface area contributed by atoms with Crippen LogP contribution in [0.25, 0.3) is 0 Å². The fraction of sp³-hybridized carbons (Fsp3) is 0.467. The van der Waals surface area contributed by atoms with Crippen LogP contribution in [0.1, 0.15) is 5.56 Å². The molecular weight excluding hydrogens is 717 g/mol. The first-order valence-electron chi connectivity index (χ1n) is 7.76. The number of benzene rings is 1. The summed E-state index contributed by atoms with van der Waals surface area (Å²) in [7, 11) is 0. The second-order valence-electron chi connectivity index (χ2n) is 5.59. The minimum atomic E-state index is -1.68. The van der Waals surface area contributed by atoms with Crippen molar-refractivity contribution < 1.29 is 40.2 Å². The number of hydrogen-bond acceptors (Lipinski definition) is 8. The maximum absolute atomic E-state index is 12.1. The summed E-state index contributed by atoms with van der Waals surface area (Å²) >= 11 is 5.71. The van der Waals surface area contributed by atoms with E-state index < -0.39 is 49.9 Å². The topological polar surface area (TPSA) is 180 Å². The zero-order valence-electron chi connectivity index (χ0n) is 14.2. The zero-order valence-corrected chi connectivity index (χ0v) is 20.7. The van der Waals surface area contributed by atoms with Crippen molar-refractivity contribution in [3.63, 3.8) is 0 Å². The standard InChI is InChI=1S/C15H19I3N2O8/c16-9-6(1-5(24)2-21)12(19-14(27)7(25)3-22)11(18)13(10(9)17)20-15(28)8(26)4-23/h5,7-8,21-26H,1-4H2,(H,19,27)(H,20,28). The number of anilines is 2. The van der Waals surface area contributed by atoms with E-state index >= 15 is 0 Å². The van der Waals surface area contributed by atoms with E-state index in [0.717, 1.165) is 0 Å². The van der Waals surface area contributed by atoms with E-state index in [1.165, 1.54) is 0 Å². The summed E-state index contributed by atoms with van der Waals surface area (Å²) in [5.41, 5.74) is 0.874. The van der Waals surface area contributed by atoms with Gasteiger partial charge in [0.05, 0.1) is 44.4 Å². The first kappa shape index (κ1) is 26.1. The normalized spacial score (nSPS) is 14.3. The summed E-state index contributed by atoms with van der Waals surface area (Å²) in [6.45, 7) is -2.09. The van der Waals surface area contributed by atoms with Crippen molar-refractivity contribution >= 4 is 91.0 Å². The summed E-state index contributed by atoms with van der Waals surface area (Å²) < 4.78 is 1.43. The van der Waals surface area contributed by atoms with Crippen molar-refractivity contribution in [3.05, 3.63) is 16.3 Å². The molecule has 158 valence electrons. The Hall–Kier alpha value is 0.110. The maximum Gasteiger partial charge on any atom is 0.255 e. The highest BCUT2D eigenvalue weighted by Gasteiger charge is 2.26. The molecule has 1 aromatic rings. The van der Waals surface area contributed by atoms with Gasteiger partial charge in [-0.05, 0) is 73.3 Å². The molecule has 0 saturated carbocycles. The van der Waals surface area contributed by atoms with Gasteiger partial charge >= 0.3 is 0 Å². The number of hydrogen-bond donors (Lipinski definition) is 8. The molecule has 1 aromatic carbocycles. The molecule has 0 bridgehead atoms. The Labute approximate surface area is 201 Å². The van der Waals surface area contributed by atoms with Crippen LogP contribution in [0, 0.1) is 10.7 Å². The molecule has 0 radical (unpaired) electrons. The Kier molecular flexibility index (Phi) is 11.3. The minimum absolute atomic E-state index is 0.0287. The lowest BCUT2D eigenvalue weighted by molar-refractivity contribution is -0.126. The van der Waals surface area contributed by atoms with E-state index in [2.05, 4.69) is 10.6 Å². The van der Waals surface area contributed by atoms with Crippen molar-refractivity contribution in [2.45, 2.75) is 24.7 Å². The number of nitrogens with one attached hydrogen (secondary N) is 2. The Morgan fingerprint density at radius 1 is 0.750 bits per heavy atom. The Balaban J connectivity index is 3.52. The third-order valence-corrected chi connectivity index (χ3v) is 7.90. The first-order chi connectivity index (χ1) is 13.1. The highest BCUT2D eigenvalue weighted by atomic mass is 127. The Morgan fingerprint density at radius 2 is 1.21 bits per heavy atom. The molecule has 10 nitrogen and oxygen atoms in total. The van der Waals surface area contributed by atoms with Crippen LogP contribution < -0.4 is 10.6 Å². The molecule has 0 heterocycles. The van der Waals surface area contributed by atoms with Crippen LogP contribution in [0.4, 0.5) is 11.4 Å². The lowest BCUT2D eigenvalue weighted by Crippen LogP contribution is -2.33. The molecule has 2 amide bonds. The Bertz CT molecular complexity index is 734. The van der Waals surface area contributed by atoms with Gasteiger partial charge in [-0.25, -0.2) is 0 Å². The van der Waals surface area contributed by atoms with Crippen molar-refractivity contribution in [1.29, 1.82) is 0 Å². The molecule has 0 spiro atoms. The first-order valence-corrected chi connectivity index (χ1v) is 11.0. The van der Waals surface area contributed by atoms with Crippen LogP contribution >= 0.6 is 67.8 Å². The summed E-state index contributed by atoms with van der Waals surface area (Å²) in [6.07, 6.45) is -4.47. The predicted molar refractivity (Wildman–Crippen MR) is 125 cm³/mol.